The van der Waals surface area contributed by atoms with Gasteiger partial charge in [0.15, 0.2) is 17.4 Å². The lowest BCUT2D eigenvalue weighted by Crippen LogP contribution is -2.07. The van der Waals surface area contributed by atoms with Gasteiger partial charge in [0.25, 0.3) is 0 Å². The van der Waals surface area contributed by atoms with E-state index in [0.717, 1.165) is 12.1 Å². The Balaban J connectivity index is 2.31. The summed E-state index contributed by atoms with van der Waals surface area (Å²) in [6.45, 7) is 0. The van der Waals surface area contributed by atoms with Crippen LogP contribution in [0.2, 0.25) is 5.02 Å². The van der Waals surface area contributed by atoms with Gasteiger partial charge in [0.05, 0.1) is 5.02 Å². The van der Waals surface area contributed by atoms with E-state index in [1.165, 1.54) is 0 Å². The summed E-state index contributed by atoms with van der Waals surface area (Å²) < 4.78 is 52.1. The smallest absolute Gasteiger partial charge is 0.168 e. The van der Waals surface area contributed by atoms with Crippen LogP contribution in [0.1, 0.15) is 15.9 Å². The van der Waals surface area contributed by atoms with Crippen molar-refractivity contribution in [3.8, 4) is 0 Å². The Kier molecular flexibility index (Phi) is 4.09. The lowest BCUT2D eigenvalue weighted by atomic mass is 10.0. The molecule has 0 aliphatic carbocycles. The molecule has 0 N–H and O–H groups in total. The van der Waals surface area contributed by atoms with Crippen LogP contribution in [0.25, 0.3) is 0 Å². The Labute approximate surface area is 116 Å². The first kappa shape index (κ1) is 14.5. The van der Waals surface area contributed by atoms with Gasteiger partial charge < -0.3 is 0 Å². The molecular weight excluding hydrogens is 296 g/mol. The quantitative estimate of drug-likeness (QED) is 0.469. The summed E-state index contributed by atoms with van der Waals surface area (Å²) in [5, 5.41) is -0.267. The molecule has 0 radical (unpaired) electrons. The predicted molar refractivity (Wildman–Crippen MR) is 65.8 cm³/mol. The zero-order valence-corrected chi connectivity index (χ0v) is 10.6. The van der Waals surface area contributed by atoms with Crippen molar-refractivity contribution in [3.63, 3.8) is 0 Å². The van der Waals surface area contributed by atoms with E-state index in [-0.39, 0.29) is 16.1 Å². The molecule has 0 aliphatic heterocycles. The van der Waals surface area contributed by atoms with Gasteiger partial charge in [-0.15, -0.1) is 0 Å². The van der Waals surface area contributed by atoms with Crippen molar-refractivity contribution in [2.45, 2.75) is 6.42 Å². The molecule has 0 heterocycles. The largest absolute Gasteiger partial charge is 0.294 e. The van der Waals surface area contributed by atoms with Crippen LogP contribution in [-0.4, -0.2) is 5.78 Å². The Morgan fingerprint density at radius 2 is 1.60 bits per heavy atom. The van der Waals surface area contributed by atoms with Gasteiger partial charge in [0.1, 0.15) is 11.6 Å². The standard InChI is InChI=1S/C14H7ClF4O/c15-10-6-13(19)12(18)5-9(10)14(20)3-7-1-2-8(16)4-11(7)17/h1-2,4-6H,3H2. The molecule has 0 saturated carbocycles. The van der Waals surface area contributed by atoms with Crippen molar-refractivity contribution in [1.82, 2.24) is 0 Å². The molecule has 0 amide bonds. The van der Waals surface area contributed by atoms with Crippen LogP contribution in [0.5, 0.6) is 0 Å². The minimum Gasteiger partial charge on any atom is -0.294 e. The number of hydrogen-bond acceptors (Lipinski definition) is 1. The second kappa shape index (κ2) is 5.63. The van der Waals surface area contributed by atoms with E-state index < -0.39 is 35.5 Å². The van der Waals surface area contributed by atoms with Crippen LogP contribution in [0.4, 0.5) is 17.6 Å². The normalized spacial score (nSPS) is 10.7. The Bertz CT molecular complexity index is 685. The van der Waals surface area contributed by atoms with Gasteiger partial charge in [-0.05, 0) is 23.8 Å². The summed E-state index contributed by atoms with van der Waals surface area (Å²) in [7, 11) is 0. The highest BCUT2D eigenvalue weighted by Crippen LogP contribution is 2.22. The molecule has 2 aromatic carbocycles. The van der Waals surface area contributed by atoms with Crippen LogP contribution in [0.3, 0.4) is 0 Å². The van der Waals surface area contributed by atoms with E-state index in [1.807, 2.05) is 0 Å². The monoisotopic (exact) mass is 302 g/mol. The van der Waals surface area contributed by atoms with E-state index >= 15 is 0 Å². The summed E-state index contributed by atoms with van der Waals surface area (Å²) >= 11 is 5.65. The zero-order valence-electron chi connectivity index (χ0n) is 9.89. The van der Waals surface area contributed by atoms with E-state index in [1.54, 1.807) is 0 Å². The lowest BCUT2D eigenvalue weighted by Gasteiger charge is -2.06. The number of rotatable bonds is 3. The summed E-state index contributed by atoms with van der Waals surface area (Å²) in [5.74, 6) is -4.77. The van der Waals surface area contributed by atoms with Crippen molar-refractivity contribution >= 4 is 17.4 Å². The summed E-state index contributed by atoms with van der Waals surface area (Å²) in [6, 6.07) is 4.07. The van der Waals surface area contributed by atoms with Gasteiger partial charge in [-0.25, -0.2) is 17.6 Å². The first-order valence-corrected chi connectivity index (χ1v) is 5.88. The first-order valence-electron chi connectivity index (χ1n) is 5.50. The Hall–Kier alpha value is -1.88. The third-order valence-corrected chi connectivity index (χ3v) is 2.99. The van der Waals surface area contributed by atoms with E-state index in [0.29, 0.717) is 18.2 Å². The molecule has 0 aliphatic rings. The summed E-state index contributed by atoms with van der Waals surface area (Å²) in [6.07, 6.45) is -0.434. The van der Waals surface area contributed by atoms with E-state index in [9.17, 15) is 22.4 Å². The van der Waals surface area contributed by atoms with Gasteiger partial charge >= 0.3 is 0 Å². The van der Waals surface area contributed by atoms with E-state index in [2.05, 4.69) is 0 Å². The van der Waals surface area contributed by atoms with Crippen LogP contribution in [0, 0.1) is 23.3 Å². The molecule has 0 fully saturated rings. The SMILES string of the molecule is O=C(Cc1ccc(F)cc1F)c1cc(F)c(F)cc1Cl. The van der Waals surface area contributed by atoms with Crippen molar-refractivity contribution in [2.75, 3.05) is 0 Å². The predicted octanol–water partition coefficient (Wildman–Crippen LogP) is 4.32. The minimum absolute atomic E-state index is 0.0581. The molecule has 104 valence electrons. The van der Waals surface area contributed by atoms with Crippen LogP contribution < -0.4 is 0 Å². The molecule has 2 aromatic rings. The third kappa shape index (κ3) is 2.99. The molecule has 6 heteroatoms. The minimum atomic E-state index is -1.22. The molecule has 20 heavy (non-hydrogen) atoms. The summed E-state index contributed by atoms with van der Waals surface area (Å²) in [5.41, 5.74) is -0.313. The highest BCUT2D eigenvalue weighted by atomic mass is 35.5. The van der Waals surface area contributed by atoms with Crippen molar-refractivity contribution in [3.05, 3.63) is 69.8 Å². The number of hydrogen-bond donors (Lipinski definition) is 0. The maximum atomic E-state index is 13.4. The molecule has 0 unspecified atom stereocenters. The molecule has 0 aromatic heterocycles. The molecule has 2 rings (SSSR count). The second-order valence-corrected chi connectivity index (χ2v) is 4.49. The van der Waals surface area contributed by atoms with Gasteiger partial charge in [0, 0.05) is 18.1 Å². The molecule has 1 nitrogen and oxygen atoms in total. The fraction of sp³-hybridized carbons (Fsp3) is 0.0714. The third-order valence-electron chi connectivity index (χ3n) is 2.68. The van der Waals surface area contributed by atoms with Crippen molar-refractivity contribution < 1.29 is 22.4 Å². The lowest BCUT2D eigenvalue weighted by molar-refractivity contribution is 0.0991. The highest BCUT2D eigenvalue weighted by molar-refractivity contribution is 6.34. The Morgan fingerprint density at radius 1 is 0.950 bits per heavy atom. The number of ketones is 1. The fourth-order valence-corrected chi connectivity index (χ4v) is 1.93. The van der Waals surface area contributed by atoms with Gasteiger partial charge in [0.2, 0.25) is 0 Å². The van der Waals surface area contributed by atoms with Gasteiger partial charge in [-0.1, -0.05) is 17.7 Å². The molecule has 0 saturated heterocycles. The molecule has 0 bridgehead atoms. The van der Waals surface area contributed by atoms with Crippen molar-refractivity contribution in [1.29, 1.82) is 0 Å². The van der Waals surface area contributed by atoms with Crippen molar-refractivity contribution in [2.24, 2.45) is 0 Å². The number of Topliss-reactive ketones (excluding diaryl/α,β-unsaturated/α-hetero) is 1. The highest BCUT2D eigenvalue weighted by Gasteiger charge is 2.17. The maximum absolute atomic E-state index is 13.4. The topological polar surface area (TPSA) is 17.1 Å². The number of carbonyl (C=O) groups is 1. The Morgan fingerprint density at radius 3 is 2.25 bits per heavy atom. The van der Waals surface area contributed by atoms with Crippen LogP contribution >= 0.6 is 11.6 Å². The number of benzene rings is 2. The number of halogens is 5. The summed E-state index contributed by atoms with van der Waals surface area (Å²) in [4.78, 5) is 11.9. The average Bonchev–Trinajstić information content (AvgIpc) is 2.37. The van der Waals surface area contributed by atoms with Gasteiger partial charge in [-0.3, -0.25) is 4.79 Å². The van der Waals surface area contributed by atoms with Crippen LogP contribution in [-0.2, 0) is 6.42 Å². The first-order chi connectivity index (χ1) is 9.38. The number of carbonyl (C=O) groups excluding carboxylic acids is 1. The second-order valence-electron chi connectivity index (χ2n) is 4.08. The maximum Gasteiger partial charge on any atom is 0.168 e. The van der Waals surface area contributed by atoms with Gasteiger partial charge in [-0.2, -0.15) is 0 Å². The average molecular weight is 303 g/mol. The molecular formula is C14H7ClF4O. The molecule has 0 spiro atoms. The zero-order chi connectivity index (χ0) is 14.9. The molecule has 0 atom stereocenters. The van der Waals surface area contributed by atoms with E-state index in [4.69, 9.17) is 11.6 Å². The van der Waals surface area contributed by atoms with Crippen LogP contribution in [0.15, 0.2) is 30.3 Å². The fourth-order valence-electron chi connectivity index (χ4n) is 1.67.